The second kappa shape index (κ2) is 7.76. The van der Waals surface area contributed by atoms with Gasteiger partial charge in [0.2, 0.25) is 0 Å². The van der Waals surface area contributed by atoms with Gasteiger partial charge in [-0.2, -0.15) is 9.94 Å². The largest absolute Gasteiger partial charge is 0.369 e. The third-order valence-electron chi connectivity index (χ3n) is 6.43. The standard InChI is InChI=1S/C21H27FN6O2/c1-12-18-16(20(29)28(24)21(30)27(18)15-4-5-15)10-17(22)19(12)26-9-6-14(11-26)13(2)25-8-3-7-23/h10,13-15,25H,3-6,8-9,11,24H2,1-2H3/t13-,14+/m0/s1. The average molecular weight is 414 g/mol. The number of halogens is 1. The van der Waals surface area contributed by atoms with E-state index in [9.17, 15) is 9.59 Å². The lowest BCUT2D eigenvalue weighted by Crippen LogP contribution is -2.44. The zero-order valence-corrected chi connectivity index (χ0v) is 17.3. The summed E-state index contributed by atoms with van der Waals surface area (Å²) < 4.78 is 17.3. The molecule has 0 radical (unpaired) electrons. The van der Waals surface area contributed by atoms with Crippen LogP contribution >= 0.6 is 0 Å². The lowest BCUT2D eigenvalue weighted by Gasteiger charge is -2.25. The fourth-order valence-corrected chi connectivity index (χ4v) is 4.64. The van der Waals surface area contributed by atoms with Gasteiger partial charge in [-0.1, -0.05) is 0 Å². The number of nitrogens with two attached hydrogens (primary N) is 1. The molecule has 1 aliphatic heterocycles. The summed E-state index contributed by atoms with van der Waals surface area (Å²) in [7, 11) is 0. The molecule has 1 saturated heterocycles. The molecule has 0 unspecified atom stereocenters. The van der Waals surface area contributed by atoms with Crippen LogP contribution in [-0.4, -0.2) is 34.9 Å². The number of nitrogens with one attached hydrogen (secondary N) is 1. The first-order valence-corrected chi connectivity index (χ1v) is 10.5. The molecule has 0 bridgehead atoms. The van der Waals surface area contributed by atoms with Crippen molar-refractivity contribution in [1.82, 2.24) is 14.6 Å². The van der Waals surface area contributed by atoms with Gasteiger partial charge in [0.25, 0.3) is 5.56 Å². The normalized spacial score (nSPS) is 19.9. The minimum Gasteiger partial charge on any atom is -0.369 e. The summed E-state index contributed by atoms with van der Waals surface area (Å²) in [5.41, 5.74) is 0.337. The van der Waals surface area contributed by atoms with E-state index in [1.807, 2.05) is 4.90 Å². The fourth-order valence-electron chi connectivity index (χ4n) is 4.64. The van der Waals surface area contributed by atoms with Crippen molar-refractivity contribution < 1.29 is 4.39 Å². The van der Waals surface area contributed by atoms with E-state index in [2.05, 4.69) is 18.3 Å². The summed E-state index contributed by atoms with van der Waals surface area (Å²) in [5.74, 6) is 5.54. The van der Waals surface area contributed by atoms with Crippen LogP contribution in [-0.2, 0) is 0 Å². The Morgan fingerprint density at radius 3 is 2.77 bits per heavy atom. The number of benzene rings is 1. The first kappa shape index (κ1) is 20.4. The predicted molar refractivity (Wildman–Crippen MR) is 114 cm³/mol. The van der Waals surface area contributed by atoms with E-state index >= 15 is 4.39 Å². The van der Waals surface area contributed by atoms with Crippen molar-refractivity contribution in [2.24, 2.45) is 5.92 Å². The molecule has 2 heterocycles. The van der Waals surface area contributed by atoms with Crippen molar-refractivity contribution >= 4 is 16.6 Å². The molecule has 2 atom stereocenters. The molecule has 3 N–H and O–H groups in total. The van der Waals surface area contributed by atoms with E-state index < -0.39 is 17.1 Å². The fraction of sp³-hybridized carbons (Fsp3) is 0.571. The summed E-state index contributed by atoms with van der Waals surface area (Å²) in [6.45, 7) is 5.87. The Morgan fingerprint density at radius 1 is 1.37 bits per heavy atom. The van der Waals surface area contributed by atoms with Crippen molar-refractivity contribution in [1.29, 1.82) is 5.26 Å². The van der Waals surface area contributed by atoms with Crippen molar-refractivity contribution in [3.05, 3.63) is 38.3 Å². The zero-order chi connectivity index (χ0) is 21.6. The van der Waals surface area contributed by atoms with Gasteiger partial charge in [-0.25, -0.2) is 9.18 Å². The molecule has 1 aromatic heterocycles. The van der Waals surface area contributed by atoms with Crippen molar-refractivity contribution in [3.8, 4) is 6.07 Å². The molecular formula is C21H27FN6O2. The summed E-state index contributed by atoms with van der Waals surface area (Å²) in [6, 6.07) is 3.56. The predicted octanol–water partition coefficient (Wildman–Crippen LogP) is 1.38. The molecule has 2 aliphatic rings. The van der Waals surface area contributed by atoms with Crippen LogP contribution in [0, 0.1) is 30.0 Å². The van der Waals surface area contributed by atoms with Gasteiger partial charge in [0.1, 0.15) is 5.82 Å². The maximum Gasteiger partial charge on any atom is 0.350 e. The molecule has 2 fully saturated rings. The van der Waals surface area contributed by atoms with Crippen LogP contribution in [0.3, 0.4) is 0 Å². The summed E-state index contributed by atoms with van der Waals surface area (Å²) in [6.07, 6.45) is 3.04. The molecule has 160 valence electrons. The second-order valence-corrected chi connectivity index (χ2v) is 8.43. The SMILES string of the molecule is Cc1c(N2CC[C@@H]([C@H](C)NCCC#N)C2)c(F)cc2c(=O)n(N)c(=O)n(C3CC3)c12. The summed E-state index contributed by atoms with van der Waals surface area (Å²) >= 11 is 0. The maximum atomic E-state index is 15.2. The molecule has 0 spiro atoms. The van der Waals surface area contributed by atoms with Crippen LogP contribution < -0.4 is 27.3 Å². The van der Waals surface area contributed by atoms with Crippen molar-refractivity contribution in [2.45, 2.75) is 51.6 Å². The lowest BCUT2D eigenvalue weighted by atomic mass is 10.0. The van der Waals surface area contributed by atoms with Gasteiger partial charge in [0.05, 0.1) is 22.7 Å². The molecule has 8 nitrogen and oxygen atoms in total. The van der Waals surface area contributed by atoms with Crippen LogP contribution in [0.15, 0.2) is 15.7 Å². The first-order chi connectivity index (χ1) is 14.3. The molecular weight excluding hydrogens is 387 g/mol. The molecule has 1 aliphatic carbocycles. The Bertz CT molecular complexity index is 1140. The number of aryl methyl sites for hydroxylation is 1. The Kier molecular flexibility index (Phi) is 5.28. The van der Waals surface area contributed by atoms with Gasteiger partial charge in [0, 0.05) is 43.7 Å². The number of hydrogen-bond acceptors (Lipinski definition) is 6. The average Bonchev–Trinajstić information content (AvgIpc) is 3.44. The molecule has 1 aromatic carbocycles. The number of fused-ring (bicyclic) bond motifs is 1. The topological polar surface area (TPSA) is 109 Å². The quantitative estimate of drug-likeness (QED) is 0.546. The highest BCUT2D eigenvalue weighted by Crippen LogP contribution is 2.39. The Balaban J connectivity index is 1.74. The van der Waals surface area contributed by atoms with E-state index in [4.69, 9.17) is 11.1 Å². The maximum absolute atomic E-state index is 15.2. The molecule has 4 rings (SSSR count). The number of hydrogen-bond donors (Lipinski definition) is 2. The van der Waals surface area contributed by atoms with Gasteiger partial charge >= 0.3 is 5.69 Å². The van der Waals surface area contributed by atoms with Crippen LogP contribution in [0.1, 0.15) is 44.2 Å². The third-order valence-corrected chi connectivity index (χ3v) is 6.43. The number of aromatic nitrogens is 2. The van der Waals surface area contributed by atoms with E-state index in [-0.39, 0.29) is 17.5 Å². The summed E-state index contributed by atoms with van der Waals surface area (Å²) in [4.78, 5) is 27.3. The second-order valence-electron chi connectivity index (χ2n) is 8.43. The zero-order valence-electron chi connectivity index (χ0n) is 17.3. The van der Waals surface area contributed by atoms with E-state index in [1.165, 1.54) is 6.07 Å². The minimum atomic E-state index is -0.671. The highest BCUT2D eigenvalue weighted by Gasteiger charge is 2.33. The van der Waals surface area contributed by atoms with Gasteiger partial charge < -0.3 is 16.1 Å². The van der Waals surface area contributed by atoms with Crippen molar-refractivity contribution in [2.75, 3.05) is 30.4 Å². The summed E-state index contributed by atoms with van der Waals surface area (Å²) in [5, 5.41) is 12.2. The van der Waals surface area contributed by atoms with Crippen LogP contribution in [0.25, 0.3) is 10.9 Å². The van der Waals surface area contributed by atoms with E-state index in [1.54, 1.807) is 11.5 Å². The Hall–Kier alpha value is -2.86. The van der Waals surface area contributed by atoms with Gasteiger partial charge in [-0.3, -0.25) is 9.36 Å². The van der Waals surface area contributed by atoms with Crippen molar-refractivity contribution in [3.63, 3.8) is 0 Å². The smallest absolute Gasteiger partial charge is 0.350 e. The van der Waals surface area contributed by atoms with Crippen LogP contribution in [0.2, 0.25) is 0 Å². The third kappa shape index (κ3) is 3.35. The molecule has 9 heteroatoms. The van der Waals surface area contributed by atoms with E-state index in [0.29, 0.717) is 53.4 Å². The van der Waals surface area contributed by atoms with Gasteiger partial charge in [0.15, 0.2) is 0 Å². The van der Waals surface area contributed by atoms with E-state index in [0.717, 1.165) is 19.3 Å². The highest BCUT2D eigenvalue weighted by molar-refractivity contribution is 5.87. The van der Waals surface area contributed by atoms with Crippen LogP contribution in [0.4, 0.5) is 10.1 Å². The number of rotatable bonds is 6. The Labute approximate surface area is 173 Å². The minimum absolute atomic E-state index is 0.00287. The van der Waals surface area contributed by atoms with Crippen LogP contribution in [0.5, 0.6) is 0 Å². The molecule has 1 saturated carbocycles. The number of nitriles is 1. The van der Waals surface area contributed by atoms with Gasteiger partial charge in [-0.05, 0) is 45.1 Å². The highest BCUT2D eigenvalue weighted by atomic mass is 19.1. The number of nitrogen functional groups attached to an aromatic ring is 1. The number of nitrogens with zero attached hydrogens (tertiary/aromatic N) is 4. The first-order valence-electron chi connectivity index (χ1n) is 10.5. The lowest BCUT2D eigenvalue weighted by molar-refractivity contribution is 0.406. The molecule has 0 amide bonds. The monoisotopic (exact) mass is 414 g/mol. The molecule has 2 aromatic rings. The van der Waals surface area contributed by atoms with Gasteiger partial charge in [-0.15, -0.1) is 0 Å². The Morgan fingerprint density at radius 2 is 2.10 bits per heavy atom. The number of anilines is 1. The molecule has 30 heavy (non-hydrogen) atoms.